The highest BCUT2D eigenvalue weighted by Gasteiger charge is 2.17. The van der Waals surface area contributed by atoms with Crippen molar-refractivity contribution in [3.8, 4) is 17.0 Å². The van der Waals surface area contributed by atoms with Gasteiger partial charge in [-0.1, -0.05) is 22.9 Å². The third kappa shape index (κ3) is 8.82. The van der Waals surface area contributed by atoms with Gasteiger partial charge in [0.1, 0.15) is 5.75 Å². The number of alkyl halides is 2. The molecule has 0 aliphatic heterocycles. The lowest BCUT2D eigenvalue weighted by Gasteiger charge is -2.13. The van der Waals surface area contributed by atoms with Crippen molar-refractivity contribution in [1.82, 2.24) is 9.78 Å². The number of aryl methyl sites for hydroxylation is 2. The van der Waals surface area contributed by atoms with E-state index in [0.29, 0.717) is 35.1 Å². The van der Waals surface area contributed by atoms with Crippen LogP contribution < -0.4 is 4.74 Å². The highest BCUT2D eigenvalue weighted by molar-refractivity contribution is 9.10. The Morgan fingerprint density at radius 2 is 1.93 bits per heavy atom. The minimum Gasteiger partial charge on any atom is -0.434 e. The summed E-state index contributed by atoms with van der Waals surface area (Å²) in [5.74, 6) is 0.0329. The molecule has 0 aliphatic carbocycles. The third-order valence-electron chi connectivity index (χ3n) is 3.44. The van der Waals surface area contributed by atoms with Gasteiger partial charge in [0, 0.05) is 16.6 Å². The first-order chi connectivity index (χ1) is 13.6. The SMILES string of the molecule is CCc1cc(-c2ccc(Br)cc2OC(F)F)n(CCCOS(C)(=O)=O)n1.O=C=O. The highest BCUT2D eigenvalue weighted by Crippen LogP contribution is 2.34. The molecule has 0 atom stereocenters. The van der Waals surface area contributed by atoms with Crippen LogP contribution in [0.3, 0.4) is 0 Å². The molecule has 0 spiro atoms. The maximum Gasteiger partial charge on any atom is 0.387 e. The van der Waals surface area contributed by atoms with E-state index in [0.717, 1.165) is 11.9 Å². The van der Waals surface area contributed by atoms with E-state index in [1.54, 1.807) is 22.9 Å². The molecule has 0 unspecified atom stereocenters. The minimum absolute atomic E-state index is 0.0142. The zero-order valence-corrected chi connectivity index (χ0v) is 18.0. The molecule has 8 nitrogen and oxygen atoms in total. The quantitative estimate of drug-likeness (QED) is 0.387. The average Bonchev–Trinajstić information content (AvgIpc) is 3.01. The van der Waals surface area contributed by atoms with Gasteiger partial charge in [-0.25, -0.2) is 0 Å². The predicted molar refractivity (Wildman–Crippen MR) is 102 cm³/mol. The van der Waals surface area contributed by atoms with Crippen LogP contribution in [0.4, 0.5) is 8.78 Å². The van der Waals surface area contributed by atoms with Crippen LogP contribution in [0.25, 0.3) is 11.3 Å². The number of benzene rings is 1. The van der Waals surface area contributed by atoms with Crippen LogP contribution in [0.1, 0.15) is 19.0 Å². The fraction of sp³-hybridized carbons (Fsp3) is 0.412. The number of hydrogen-bond acceptors (Lipinski definition) is 7. The number of halogens is 3. The molecule has 160 valence electrons. The molecular weight excluding hydrogens is 478 g/mol. The Bertz CT molecular complexity index is 943. The van der Waals surface area contributed by atoms with Crippen LogP contribution in [0, 0.1) is 0 Å². The largest absolute Gasteiger partial charge is 0.434 e. The van der Waals surface area contributed by atoms with E-state index in [9.17, 15) is 17.2 Å². The van der Waals surface area contributed by atoms with Gasteiger partial charge >= 0.3 is 12.8 Å². The fourth-order valence-corrected chi connectivity index (χ4v) is 3.12. The molecule has 1 aromatic carbocycles. The van der Waals surface area contributed by atoms with Gasteiger partial charge in [0.2, 0.25) is 0 Å². The van der Waals surface area contributed by atoms with Gasteiger partial charge in [-0.05, 0) is 37.1 Å². The molecule has 0 amide bonds. The molecular formula is C17H19BrF2N2O6S. The molecule has 0 aliphatic rings. The molecule has 2 aromatic rings. The third-order valence-corrected chi connectivity index (χ3v) is 4.53. The number of nitrogens with zero attached hydrogens (tertiary/aromatic N) is 2. The van der Waals surface area contributed by atoms with E-state index in [-0.39, 0.29) is 18.5 Å². The average molecular weight is 497 g/mol. The zero-order chi connectivity index (χ0) is 22.0. The molecule has 2 rings (SSSR count). The first kappa shape index (κ1) is 24.9. The van der Waals surface area contributed by atoms with E-state index in [1.807, 2.05) is 6.92 Å². The lowest BCUT2D eigenvalue weighted by Crippen LogP contribution is -2.10. The summed E-state index contributed by atoms with van der Waals surface area (Å²) >= 11 is 3.25. The van der Waals surface area contributed by atoms with Gasteiger partial charge in [0.15, 0.2) is 0 Å². The number of hydrogen-bond donors (Lipinski definition) is 0. The summed E-state index contributed by atoms with van der Waals surface area (Å²) < 4.78 is 59.2. The van der Waals surface area contributed by atoms with Gasteiger partial charge in [0.05, 0.1) is 24.3 Å². The zero-order valence-electron chi connectivity index (χ0n) is 15.6. The summed E-state index contributed by atoms with van der Waals surface area (Å²) in [6.07, 6.45) is 2.30. The second-order valence-electron chi connectivity index (χ2n) is 5.58. The van der Waals surface area contributed by atoms with E-state index >= 15 is 0 Å². The maximum atomic E-state index is 12.7. The van der Waals surface area contributed by atoms with Gasteiger partial charge in [-0.2, -0.15) is 31.9 Å². The van der Waals surface area contributed by atoms with Crippen molar-refractivity contribution in [2.45, 2.75) is 32.9 Å². The molecule has 1 heterocycles. The lowest BCUT2D eigenvalue weighted by molar-refractivity contribution is -0.191. The van der Waals surface area contributed by atoms with Crippen molar-refractivity contribution < 1.29 is 35.7 Å². The van der Waals surface area contributed by atoms with E-state index in [1.165, 1.54) is 6.07 Å². The Hall–Kier alpha value is -2.14. The van der Waals surface area contributed by atoms with Crippen molar-refractivity contribution >= 4 is 32.2 Å². The van der Waals surface area contributed by atoms with Crippen molar-refractivity contribution in [3.63, 3.8) is 0 Å². The maximum absolute atomic E-state index is 12.7. The minimum atomic E-state index is -3.50. The Morgan fingerprint density at radius 3 is 2.48 bits per heavy atom. The Balaban J connectivity index is 0.00000132. The summed E-state index contributed by atoms with van der Waals surface area (Å²) in [4.78, 5) is 16.2. The van der Waals surface area contributed by atoms with Crippen LogP contribution in [-0.4, -0.2) is 43.8 Å². The van der Waals surface area contributed by atoms with Gasteiger partial charge in [0.25, 0.3) is 10.1 Å². The molecule has 1 aromatic heterocycles. The van der Waals surface area contributed by atoms with Crippen LogP contribution >= 0.6 is 15.9 Å². The molecule has 0 saturated carbocycles. The standard InChI is InChI=1S/C16H19BrF2N2O4S.CO2/c1-3-12-10-14(21(20-12)7-4-8-24-26(2,22)23)13-6-5-11(17)9-15(13)25-16(18)19;2-1-3/h5-6,9-10,16H,3-4,7-8H2,1-2H3;. The van der Waals surface area contributed by atoms with Crippen LogP contribution in [0.15, 0.2) is 28.7 Å². The summed E-state index contributed by atoms with van der Waals surface area (Å²) in [7, 11) is -3.50. The summed E-state index contributed by atoms with van der Waals surface area (Å²) in [5, 5.41) is 4.44. The van der Waals surface area contributed by atoms with E-state index in [2.05, 4.69) is 25.8 Å². The van der Waals surface area contributed by atoms with Crippen molar-refractivity contribution in [2.24, 2.45) is 0 Å². The van der Waals surface area contributed by atoms with Crippen molar-refractivity contribution in [1.29, 1.82) is 0 Å². The van der Waals surface area contributed by atoms with Gasteiger partial charge in [-0.3, -0.25) is 8.86 Å². The van der Waals surface area contributed by atoms with E-state index in [4.69, 9.17) is 13.8 Å². The highest BCUT2D eigenvalue weighted by atomic mass is 79.9. The first-order valence-corrected chi connectivity index (χ1v) is 10.9. The van der Waals surface area contributed by atoms with Crippen LogP contribution in [0.5, 0.6) is 5.75 Å². The lowest BCUT2D eigenvalue weighted by atomic mass is 10.1. The molecule has 12 heteroatoms. The molecule has 0 fully saturated rings. The molecule has 0 N–H and O–H groups in total. The summed E-state index contributed by atoms with van der Waals surface area (Å²) in [6.45, 7) is -0.635. The topological polar surface area (TPSA) is 105 Å². The number of rotatable bonds is 9. The molecule has 0 saturated heterocycles. The number of aromatic nitrogens is 2. The summed E-state index contributed by atoms with van der Waals surface area (Å²) in [6, 6.07) is 6.67. The molecule has 0 radical (unpaired) electrons. The predicted octanol–water partition coefficient (Wildman–Crippen LogP) is 3.26. The molecule has 29 heavy (non-hydrogen) atoms. The van der Waals surface area contributed by atoms with Crippen LogP contribution in [-0.2, 0) is 36.9 Å². The number of ether oxygens (including phenoxy) is 1. The smallest absolute Gasteiger partial charge is 0.387 e. The van der Waals surface area contributed by atoms with Crippen LogP contribution in [0.2, 0.25) is 0 Å². The Labute approximate surface area is 175 Å². The van der Waals surface area contributed by atoms with Gasteiger partial charge in [-0.15, -0.1) is 0 Å². The molecule has 0 bridgehead atoms. The summed E-state index contributed by atoms with van der Waals surface area (Å²) in [5.41, 5.74) is 1.88. The van der Waals surface area contributed by atoms with Crippen molar-refractivity contribution in [2.75, 3.05) is 12.9 Å². The monoisotopic (exact) mass is 496 g/mol. The normalized spacial score (nSPS) is 11.0. The van der Waals surface area contributed by atoms with E-state index < -0.39 is 16.7 Å². The van der Waals surface area contributed by atoms with Gasteiger partial charge < -0.3 is 4.74 Å². The van der Waals surface area contributed by atoms with Crippen molar-refractivity contribution in [3.05, 3.63) is 34.4 Å². The Morgan fingerprint density at radius 1 is 1.28 bits per heavy atom. The second-order valence-corrected chi connectivity index (χ2v) is 8.14. The Kier molecular flexibility index (Phi) is 10.1. The fourth-order valence-electron chi connectivity index (χ4n) is 2.36. The first-order valence-electron chi connectivity index (χ1n) is 8.26. The second kappa shape index (κ2) is 11.8. The number of carbonyl (C=O) groups excluding carboxylic acids is 2.